The van der Waals surface area contributed by atoms with Crippen molar-refractivity contribution in [2.45, 2.75) is 72.6 Å². The summed E-state index contributed by atoms with van der Waals surface area (Å²) >= 11 is 0. The normalized spacial score (nSPS) is 11.8. The maximum absolute atomic E-state index is 5.08. The van der Waals surface area contributed by atoms with Crippen molar-refractivity contribution in [2.75, 3.05) is 0 Å². The van der Waals surface area contributed by atoms with E-state index in [1.165, 1.54) is 18.4 Å². The van der Waals surface area contributed by atoms with E-state index in [9.17, 15) is 0 Å². The molecule has 0 saturated carbocycles. The number of allylic oxidation sites excluding steroid dienone is 1. The van der Waals surface area contributed by atoms with Crippen LogP contribution in [0.25, 0.3) is 6.08 Å². The SMILES string of the molecule is CC#Cc1cccc(N=C(CCCCC)C(CCCC)=Nc2ccc(C=CC)cc2)c1.[Ni]. The van der Waals surface area contributed by atoms with Crippen molar-refractivity contribution in [1.82, 2.24) is 0 Å². The van der Waals surface area contributed by atoms with E-state index in [1.807, 2.05) is 26.0 Å². The summed E-state index contributed by atoms with van der Waals surface area (Å²) in [5.41, 5.74) is 6.38. The summed E-state index contributed by atoms with van der Waals surface area (Å²) in [7, 11) is 0. The second-order valence-corrected chi connectivity index (χ2v) is 7.69. The topological polar surface area (TPSA) is 24.7 Å². The zero-order valence-corrected chi connectivity index (χ0v) is 20.9. The molecule has 0 aromatic heterocycles. The summed E-state index contributed by atoms with van der Waals surface area (Å²) in [6.45, 7) is 8.37. The Balaban J connectivity index is 0.00000512. The van der Waals surface area contributed by atoms with Crippen molar-refractivity contribution in [3.63, 3.8) is 0 Å². The maximum Gasteiger partial charge on any atom is 0.0646 e. The zero-order valence-electron chi connectivity index (χ0n) is 19.9. The predicted octanol–water partition coefficient (Wildman–Crippen LogP) is 8.70. The van der Waals surface area contributed by atoms with Crippen molar-refractivity contribution in [3.8, 4) is 11.8 Å². The van der Waals surface area contributed by atoms with Crippen LogP contribution in [-0.2, 0) is 16.5 Å². The molecular weight excluding hydrogens is 435 g/mol. The number of nitrogens with zero attached hydrogens (tertiary/aromatic N) is 2. The number of hydrogen-bond donors (Lipinski definition) is 0. The molecule has 0 radical (unpaired) electrons. The molecule has 3 heteroatoms. The zero-order chi connectivity index (χ0) is 22.3. The molecule has 0 aliphatic heterocycles. The first-order valence-electron chi connectivity index (χ1n) is 11.6. The van der Waals surface area contributed by atoms with Gasteiger partial charge >= 0.3 is 0 Å². The van der Waals surface area contributed by atoms with Gasteiger partial charge < -0.3 is 0 Å². The Labute approximate surface area is 205 Å². The third-order valence-corrected chi connectivity index (χ3v) is 5.01. The van der Waals surface area contributed by atoms with E-state index in [0.29, 0.717) is 0 Å². The minimum Gasteiger partial charge on any atom is -0.252 e. The van der Waals surface area contributed by atoms with E-state index in [0.717, 1.165) is 60.5 Å². The monoisotopic (exact) mass is 470 g/mol. The molecule has 0 bridgehead atoms. The van der Waals surface area contributed by atoms with E-state index in [-0.39, 0.29) is 16.5 Å². The Hall–Kier alpha value is -2.43. The van der Waals surface area contributed by atoms with E-state index in [2.05, 4.69) is 74.2 Å². The van der Waals surface area contributed by atoms with Crippen LogP contribution in [0.2, 0.25) is 0 Å². The molecular formula is C29H36N2Ni. The summed E-state index contributed by atoms with van der Waals surface area (Å²) in [4.78, 5) is 10.1. The largest absolute Gasteiger partial charge is 0.252 e. The Morgan fingerprint density at radius 3 is 2.12 bits per heavy atom. The van der Waals surface area contributed by atoms with Crippen LogP contribution < -0.4 is 0 Å². The van der Waals surface area contributed by atoms with Crippen LogP contribution in [0, 0.1) is 11.8 Å². The van der Waals surface area contributed by atoms with Gasteiger partial charge in [0.2, 0.25) is 0 Å². The van der Waals surface area contributed by atoms with Crippen LogP contribution in [0.1, 0.15) is 83.8 Å². The summed E-state index contributed by atoms with van der Waals surface area (Å²) in [5, 5.41) is 0. The Kier molecular flexibility index (Phi) is 14.0. The van der Waals surface area contributed by atoms with Crippen LogP contribution in [-0.4, -0.2) is 11.4 Å². The third-order valence-electron chi connectivity index (χ3n) is 5.01. The van der Waals surface area contributed by atoms with E-state index in [4.69, 9.17) is 9.98 Å². The van der Waals surface area contributed by atoms with Crippen molar-refractivity contribution in [1.29, 1.82) is 0 Å². The average molecular weight is 471 g/mol. The number of unbranched alkanes of at least 4 members (excludes halogenated alkanes) is 3. The molecule has 0 unspecified atom stereocenters. The molecule has 2 nitrogen and oxygen atoms in total. The van der Waals surface area contributed by atoms with Gasteiger partial charge in [0.25, 0.3) is 0 Å². The van der Waals surface area contributed by atoms with Crippen LogP contribution in [0.3, 0.4) is 0 Å². The summed E-state index contributed by atoms with van der Waals surface area (Å²) in [5.74, 6) is 6.11. The second kappa shape index (κ2) is 16.2. The van der Waals surface area contributed by atoms with Gasteiger partial charge in [0, 0.05) is 22.1 Å². The molecule has 2 aromatic carbocycles. The molecule has 2 rings (SSSR count). The van der Waals surface area contributed by atoms with Gasteiger partial charge in [-0.2, -0.15) is 0 Å². The standard InChI is InChI=1S/C29H36N2.Ni/c1-5-9-11-18-29(31-27-16-12-15-25(23-27)14-8-4)28(17-10-6-2)30-26-21-19-24(13-7-3)20-22-26;/h7,12-13,15-16,19-23H,5-6,9-11,17-18H2,1-4H3;. The van der Waals surface area contributed by atoms with E-state index >= 15 is 0 Å². The Morgan fingerprint density at radius 1 is 0.844 bits per heavy atom. The molecule has 0 N–H and O–H groups in total. The van der Waals surface area contributed by atoms with Crippen molar-refractivity contribution in [2.24, 2.45) is 9.98 Å². The fourth-order valence-corrected chi connectivity index (χ4v) is 3.38. The smallest absolute Gasteiger partial charge is 0.0646 e. The second-order valence-electron chi connectivity index (χ2n) is 7.69. The number of aliphatic imine (C=N–C) groups is 2. The summed E-state index contributed by atoms with van der Waals surface area (Å²) in [6.07, 6.45) is 11.9. The minimum atomic E-state index is 0. The van der Waals surface area contributed by atoms with E-state index in [1.54, 1.807) is 0 Å². The van der Waals surface area contributed by atoms with Crippen LogP contribution in [0.5, 0.6) is 0 Å². The van der Waals surface area contributed by atoms with Crippen molar-refractivity contribution in [3.05, 3.63) is 65.7 Å². The first kappa shape index (κ1) is 27.6. The van der Waals surface area contributed by atoms with Gasteiger partial charge in [-0.05, 0) is 75.4 Å². The van der Waals surface area contributed by atoms with Gasteiger partial charge in [-0.3, -0.25) is 9.98 Å². The molecule has 0 amide bonds. The predicted molar refractivity (Wildman–Crippen MR) is 138 cm³/mol. The van der Waals surface area contributed by atoms with Crippen LogP contribution >= 0.6 is 0 Å². The molecule has 2 aromatic rings. The molecule has 0 fully saturated rings. The van der Waals surface area contributed by atoms with Crippen molar-refractivity contribution >= 4 is 28.9 Å². The quantitative estimate of drug-likeness (QED) is 0.136. The fourth-order valence-electron chi connectivity index (χ4n) is 3.38. The van der Waals surface area contributed by atoms with Gasteiger partial charge in [-0.1, -0.05) is 69.4 Å². The van der Waals surface area contributed by atoms with Gasteiger partial charge in [0.1, 0.15) is 0 Å². The molecule has 32 heavy (non-hydrogen) atoms. The molecule has 0 heterocycles. The molecule has 0 saturated heterocycles. The molecule has 0 aliphatic carbocycles. The van der Waals surface area contributed by atoms with Gasteiger partial charge in [0.05, 0.1) is 22.8 Å². The Morgan fingerprint density at radius 2 is 1.50 bits per heavy atom. The van der Waals surface area contributed by atoms with Gasteiger partial charge in [-0.15, -0.1) is 5.92 Å². The molecule has 0 aliphatic rings. The molecule has 0 spiro atoms. The Bertz CT molecular complexity index is 957. The maximum atomic E-state index is 5.08. The molecule has 0 atom stereocenters. The number of rotatable bonds is 11. The third kappa shape index (κ3) is 9.80. The first-order valence-corrected chi connectivity index (χ1v) is 11.6. The number of benzene rings is 2. The summed E-state index contributed by atoms with van der Waals surface area (Å²) in [6, 6.07) is 16.6. The number of hydrogen-bond acceptors (Lipinski definition) is 2. The fraction of sp³-hybridized carbons (Fsp3) is 0.379. The van der Waals surface area contributed by atoms with E-state index < -0.39 is 0 Å². The van der Waals surface area contributed by atoms with Crippen molar-refractivity contribution < 1.29 is 16.5 Å². The van der Waals surface area contributed by atoms with Crippen LogP contribution in [0.15, 0.2) is 64.6 Å². The minimum absolute atomic E-state index is 0. The average Bonchev–Trinajstić information content (AvgIpc) is 2.78. The molecule has 172 valence electrons. The van der Waals surface area contributed by atoms with Gasteiger partial charge in [-0.25, -0.2) is 0 Å². The summed E-state index contributed by atoms with van der Waals surface area (Å²) < 4.78 is 0. The first-order chi connectivity index (χ1) is 15.2. The van der Waals surface area contributed by atoms with Crippen LogP contribution in [0.4, 0.5) is 11.4 Å². The van der Waals surface area contributed by atoms with Gasteiger partial charge in [0.15, 0.2) is 0 Å².